The SMILES string of the molecule is COc1cc2c(cc1S(=O)(=O)NC(C)C1CCCNC1)OCC(=O)N2.Cl. The van der Waals surface area contributed by atoms with Gasteiger partial charge in [-0.05, 0) is 38.8 Å². The van der Waals surface area contributed by atoms with E-state index in [1.807, 2.05) is 6.92 Å². The maximum Gasteiger partial charge on any atom is 0.262 e. The molecule has 0 aromatic heterocycles. The van der Waals surface area contributed by atoms with E-state index in [1.165, 1.54) is 19.2 Å². The summed E-state index contributed by atoms with van der Waals surface area (Å²) in [6.07, 6.45) is 2.01. The second-order valence-electron chi connectivity index (χ2n) is 6.35. The van der Waals surface area contributed by atoms with Crippen molar-refractivity contribution in [3.05, 3.63) is 12.1 Å². The van der Waals surface area contributed by atoms with Gasteiger partial charge in [-0.3, -0.25) is 4.79 Å². The summed E-state index contributed by atoms with van der Waals surface area (Å²) in [7, 11) is -2.40. The van der Waals surface area contributed by atoms with Crippen molar-refractivity contribution < 1.29 is 22.7 Å². The highest BCUT2D eigenvalue weighted by atomic mass is 35.5. The van der Waals surface area contributed by atoms with Crippen molar-refractivity contribution in [1.82, 2.24) is 10.0 Å². The average Bonchev–Trinajstić information content (AvgIpc) is 2.60. The summed E-state index contributed by atoms with van der Waals surface area (Å²) in [6.45, 7) is 3.49. The van der Waals surface area contributed by atoms with Crippen LogP contribution in [0.1, 0.15) is 19.8 Å². The van der Waals surface area contributed by atoms with Crippen molar-refractivity contribution in [2.75, 3.05) is 32.1 Å². The molecule has 0 spiro atoms. The number of carbonyl (C=O) groups is 1. The van der Waals surface area contributed by atoms with Crippen molar-refractivity contribution >= 4 is 34.0 Å². The number of sulfonamides is 1. The Hall–Kier alpha value is -1.55. The van der Waals surface area contributed by atoms with Crippen LogP contribution in [0.25, 0.3) is 0 Å². The normalized spacial score (nSPS) is 20.8. The van der Waals surface area contributed by atoms with Gasteiger partial charge in [0.1, 0.15) is 16.4 Å². The van der Waals surface area contributed by atoms with Gasteiger partial charge < -0.3 is 20.1 Å². The van der Waals surface area contributed by atoms with E-state index >= 15 is 0 Å². The van der Waals surface area contributed by atoms with E-state index in [0.717, 1.165) is 25.9 Å². The quantitative estimate of drug-likeness (QED) is 0.677. The zero-order valence-corrected chi connectivity index (χ0v) is 16.3. The van der Waals surface area contributed by atoms with Crippen LogP contribution in [0.4, 0.5) is 5.69 Å². The van der Waals surface area contributed by atoms with Crippen LogP contribution in [0, 0.1) is 5.92 Å². The Morgan fingerprint density at radius 1 is 1.38 bits per heavy atom. The Morgan fingerprint density at radius 2 is 2.15 bits per heavy atom. The van der Waals surface area contributed by atoms with E-state index in [9.17, 15) is 13.2 Å². The molecule has 0 saturated carbocycles. The number of hydrogen-bond donors (Lipinski definition) is 3. The minimum atomic E-state index is -3.79. The molecule has 1 fully saturated rings. The summed E-state index contributed by atoms with van der Waals surface area (Å²) in [5, 5.41) is 5.93. The molecule has 146 valence electrons. The van der Waals surface area contributed by atoms with Gasteiger partial charge in [0.25, 0.3) is 5.91 Å². The summed E-state index contributed by atoms with van der Waals surface area (Å²) >= 11 is 0. The highest BCUT2D eigenvalue weighted by molar-refractivity contribution is 7.89. The Kier molecular flexibility index (Phi) is 6.73. The zero-order valence-electron chi connectivity index (χ0n) is 14.7. The van der Waals surface area contributed by atoms with Crippen LogP contribution in [0.3, 0.4) is 0 Å². The monoisotopic (exact) mass is 405 g/mol. The number of anilines is 1. The minimum Gasteiger partial charge on any atom is -0.495 e. The number of rotatable bonds is 5. The Bertz CT molecular complexity index is 765. The lowest BCUT2D eigenvalue weighted by Gasteiger charge is -2.29. The van der Waals surface area contributed by atoms with Crippen LogP contribution < -0.4 is 24.8 Å². The third-order valence-corrected chi connectivity index (χ3v) is 6.15. The topological polar surface area (TPSA) is 106 Å². The lowest BCUT2D eigenvalue weighted by Crippen LogP contribution is -2.44. The first-order valence-corrected chi connectivity index (χ1v) is 9.77. The first-order chi connectivity index (χ1) is 11.9. The Balaban J connectivity index is 0.00000243. The number of carbonyl (C=O) groups excluding carboxylic acids is 1. The van der Waals surface area contributed by atoms with Gasteiger partial charge >= 0.3 is 0 Å². The summed E-state index contributed by atoms with van der Waals surface area (Å²) < 4.78 is 39.0. The molecule has 2 aliphatic rings. The number of piperidine rings is 1. The molecule has 1 aromatic carbocycles. The molecule has 1 aromatic rings. The van der Waals surface area contributed by atoms with Gasteiger partial charge in [-0.2, -0.15) is 0 Å². The molecule has 8 nitrogen and oxygen atoms in total. The molecule has 1 amide bonds. The lowest BCUT2D eigenvalue weighted by atomic mass is 9.94. The fourth-order valence-corrected chi connectivity index (χ4v) is 4.65. The van der Waals surface area contributed by atoms with Gasteiger partial charge in [-0.1, -0.05) is 0 Å². The number of halogens is 1. The van der Waals surface area contributed by atoms with Gasteiger partial charge in [0, 0.05) is 18.2 Å². The average molecular weight is 406 g/mol. The van der Waals surface area contributed by atoms with E-state index in [-0.39, 0.29) is 47.5 Å². The van der Waals surface area contributed by atoms with Crippen molar-refractivity contribution in [2.24, 2.45) is 5.92 Å². The number of hydrogen-bond acceptors (Lipinski definition) is 6. The van der Waals surface area contributed by atoms with Crippen LogP contribution >= 0.6 is 12.4 Å². The molecular weight excluding hydrogens is 382 g/mol. The molecule has 1 saturated heterocycles. The summed E-state index contributed by atoms with van der Waals surface area (Å²) in [5.41, 5.74) is 0.400. The number of benzene rings is 1. The summed E-state index contributed by atoms with van der Waals surface area (Å²) in [5.74, 6) is 0.420. The number of nitrogens with one attached hydrogen (secondary N) is 3. The smallest absolute Gasteiger partial charge is 0.262 e. The summed E-state index contributed by atoms with van der Waals surface area (Å²) in [6, 6.07) is 2.65. The molecule has 0 aliphatic carbocycles. The number of ether oxygens (including phenoxy) is 2. The minimum absolute atomic E-state index is 0. The van der Waals surface area contributed by atoms with Crippen molar-refractivity contribution in [3.8, 4) is 11.5 Å². The summed E-state index contributed by atoms with van der Waals surface area (Å²) in [4.78, 5) is 11.4. The fraction of sp³-hybridized carbons (Fsp3) is 0.562. The number of fused-ring (bicyclic) bond motifs is 1. The molecule has 10 heteroatoms. The maximum atomic E-state index is 12.9. The zero-order chi connectivity index (χ0) is 18.0. The first-order valence-electron chi connectivity index (χ1n) is 8.28. The van der Waals surface area contributed by atoms with E-state index in [1.54, 1.807) is 0 Å². The van der Waals surface area contributed by atoms with Crippen LogP contribution in [0.5, 0.6) is 11.5 Å². The van der Waals surface area contributed by atoms with Crippen molar-refractivity contribution in [1.29, 1.82) is 0 Å². The van der Waals surface area contributed by atoms with Crippen molar-refractivity contribution in [3.63, 3.8) is 0 Å². The molecule has 26 heavy (non-hydrogen) atoms. The molecule has 2 heterocycles. The first kappa shape index (κ1) is 20.8. The van der Waals surface area contributed by atoms with E-state index < -0.39 is 10.0 Å². The van der Waals surface area contributed by atoms with Crippen LogP contribution in [0.15, 0.2) is 17.0 Å². The number of methoxy groups -OCH3 is 1. The Morgan fingerprint density at radius 3 is 2.81 bits per heavy atom. The molecule has 0 radical (unpaired) electrons. The van der Waals surface area contributed by atoms with Gasteiger partial charge in [-0.15, -0.1) is 12.4 Å². The van der Waals surface area contributed by atoms with Gasteiger partial charge in [0.05, 0.1) is 12.8 Å². The standard InChI is InChI=1S/C16H23N3O5S.ClH/c1-10(11-4-3-5-17-8-11)19-25(21,22)15-7-13-12(6-14(15)23-2)18-16(20)9-24-13;/h6-7,10-11,17,19H,3-5,8-9H2,1-2H3,(H,18,20);1H. The molecule has 0 bridgehead atoms. The van der Waals surface area contributed by atoms with E-state index in [2.05, 4.69) is 15.4 Å². The van der Waals surface area contributed by atoms with Crippen molar-refractivity contribution in [2.45, 2.75) is 30.7 Å². The second kappa shape index (κ2) is 8.43. The molecule has 2 aliphatic heterocycles. The maximum absolute atomic E-state index is 12.9. The van der Waals surface area contributed by atoms with Gasteiger partial charge in [-0.25, -0.2) is 13.1 Å². The van der Waals surface area contributed by atoms with Crippen LogP contribution in [-0.4, -0.2) is 47.2 Å². The van der Waals surface area contributed by atoms with E-state index in [4.69, 9.17) is 9.47 Å². The van der Waals surface area contributed by atoms with Gasteiger partial charge in [0.15, 0.2) is 6.61 Å². The largest absolute Gasteiger partial charge is 0.495 e. The third kappa shape index (κ3) is 4.40. The third-order valence-electron chi connectivity index (χ3n) is 4.57. The van der Waals surface area contributed by atoms with Gasteiger partial charge in [0.2, 0.25) is 10.0 Å². The predicted octanol–water partition coefficient (Wildman–Crippen LogP) is 1.11. The second-order valence-corrected chi connectivity index (χ2v) is 8.03. The van der Waals surface area contributed by atoms with Crippen LogP contribution in [0.2, 0.25) is 0 Å². The van der Waals surface area contributed by atoms with Crippen LogP contribution in [-0.2, 0) is 14.8 Å². The highest BCUT2D eigenvalue weighted by Gasteiger charge is 2.29. The number of amides is 1. The predicted molar refractivity (Wildman–Crippen MR) is 99.7 cm³/mol. The molecule has 2 unspecified atom stereocenters. The molecule has 2 atom stereocenters. The molecular formula is C16H24ClN3O5S. The lowest BCUT2D eigenvalue weighted by molar-refractivity contribution is -0.118. The molecule has 3 N–H and O–H groups in total. The fourth-order valence-electron chi connectivity index (χ4n) is 3.17. The Labute approximate surface area is 159 Å². The highest BCUT2D eigenvalue weighted by Crippen LogP contribution is 2.37. The van der Waals surface area contributed by atoms with E-state index in [0.29, 0.717) is 11.4 Å². The molecule has 3 rings (SSSR count).